The van der Waals surface area contributed by atoms with Crippen molar-refractivity contribution in [2.45, 2.75) is 31.4 Å². The molecule has 0 aliphatic carbocycles. The van der Waals surface area contributed by atoms with Crippen LogP contribution in [0.3, 0.4) is 0 Å². The van der Waals surface area contributed by atoms with Gasteiger partial charge in [-0.25, -0.2) is 0 Å². The van der Waals surface area contributed by atoms with Crippen molar-refractivity contribution < 1.29 is 14.4 Å². The van der Waals surface area contributed by atoms with E-state index in [4.69, 9.17) is 9.47 Å². The molecule has 2 aromatic carbocycles. The van der Waals surface area contributed by atoms with Crippen molar-refractivity contribution in [1.82, 2.24) is 20.2 Å². The average Bonchev–Trinajstić information content (AvgIpc) is 3.14. The number of aromatic nitrogens is 4. The SMILES string of the molecule is Cc1ccc(-n2nnnc2SCc2cc([N+](=O)[O-])cc3c2OCOC3)c(C)c1. The number of nitro groups is 1. The van der Waals surface area contributed by atoms with Gasteiger partial charge in [0.05, 0.1) is 17.2 Å². The number of hydrogen-bond donors (Lipinski definition) is 0. The molecule has 1 aliphatic rings. The van der Waals surface area contributed by atoms with Crippen LogP contribution in [-0.2, 0) is 17.1 Å². The summed E-state index contributed by atoms with van der Waals surface area (Å²) in [6.07, 6.45) is 0. The van der Waals surface area contributed by atoms with E-state index in [1.807, 2.05) is 26.0 Å². The van der Waals surface area contributed by atoms with Gasteiger partial charge in [-0.3, -0.25) is 10.1 Å². The van der Waals surface area contributed by atoms with Gasteiger partial charge in [0.15, 0.2) is 6.79 Å². The molecular formula is C18H17N5O4S. The molecule has 0 spiro atoms. The number of tetrazole rings is 1. The van der Waals surface area contributed by atoms with Crippen molar-refractivity contribution in [3.63, 3.8) is 0 Å². The molecule has 0 amide bonds. The van der Waals surface area contributed by atoms with Crippen molar-refractivity contribution in [3.8, 4) is 11.4 Å². The normalized spacial score (nSPS) is 13.1. The van der Waals surface area contributed by atoms with E-state index < -0.39 is 4.92 Å². The van der Waals surface area contributed by atoms with Crippen LogP contribution in [-0.4, -0.2) is 31.9 Å². The van der Waals surface area contributed by atoms with Gasteiger partial charge in [-0.05, 0) is 35.9 Å². The van der Waals surface area contributed by atoms with Crippen LogP contribution in [0.4, 0.5) is 5.69 Å². The van der Waals surface area contributed by atoms with E-state index >= 15 is 0 Å². The lowest BCUT2D eigenvalue weighted by Gasteiger charge is -2.20. The molecule has 1 aliphatic heterocycles. The maximum Gasteiger partial charge on any atom is 0.270 e. The van der Waals surface area contributed by atoms with Crippen LogP contribution in [0.25, 0.3) is 5.69 Å². The zero-order valence-corrected chi connectivity index (χ0v) is 16.1. The average molecular weight is 399 g/mol. The molecule has 1 aromatic heterocycles. The van der Waals surface area contributed by atoms with Gasteiger partial charge >= 0.3 is 0 Å². The van der Waals surface area contributed by atoms with E-state index in [-0.39, 0.29) is 19.1 Å². The fraction of sp³-hybridized carbons (Fsp3) is 0.278. The van der Waals surface area contributed by atoms with E-state index in [9.17, 15) is 10.1 Å². The van der Waals surface area contributed by atoms with Gasteiger partial charge in [-0.15, -0.1) is 5.10 Å². The third-order valence-corrected chi connectivity index (χ3v) is 5.33. The number of benzene rings is 2. The van der Waals surface area contributed by atoms with Crippen LogP contribution in [0.1, 0.15) is 22.3 Å². The molecule has 0 unspecified atom stereocenters. The molecule has 28 heavy (non-hydrogen) atoms. The number of hydrogen-bond acceptors (Lipinski definition) is 8. The van der Waals surface area contributed by atoms with E-state index in [2.05, 4.69) is 21.6 Å². The summed E-state index contributed by atoms with van der Waals surface area (Å²) in [6.45, 7) is 4.45. The molecule has 0 saturated heterocycles. The first-order valence-electron chi connectivity index (χ1n) is 8.52. The van der Waals surface area contributed by atoms with Gasteiger partial charge in [0.25, 0.3) is 5.69 Å². The number of fused-ring (bicyclic) bond motifs is 1. The van der Waals surface area contributed by atoms with Crippen LogP contribution in [0.5, 0.6) is 5.75 Å². The van der Waals surface area contributed by atoms with Gasteiger partial charge in [0, 0.05) is 29.0 Å². The lowest BCUT2D eigenvalue weighted by Crippen LogP contribution is -2.13. The minimum atomic E-state index is -0.414. The molecule has 4 rings (SSSR count). The van der Waals surface area contributed by atoms with Gasteiger partial charge in [-0.2, -0.15) is 4.68 Å². The second-order valence-electron chi connectivity index (χ2n) is 6.41. The molecule has 2 heterocycles. The van der Waals surface area contributed by atoms with Crippen LogP contribution < -0.4 is 4.74 Å². The Morgan fingerprint density at radius 3 is 2.93 bits per heavy atom. The Morgan fingerprint density at radius 1 is 1.29 bits per heavy atom. The molecule has 0 bridgehead atoms. The first-order valence-corrected chi connectivity index (χ1v) is 9.51. The number of ether oxygens (including phenoxy) is 2. The highest BCUT2D eigenvalue weighted by molar-refractivity contribution is 7.98. The molecule has 9 nitrogen and oxygen atoms in total. The van der Waals surface area contributed by atoms with Crippen molar-refractivity contribution in [3.05, 3.63) is 62.7 Å². The quantitative estimate of drug-likeness (QED) is 0.365. The summed E-state index contributed by atoms with van der Waals surface area (Å²) >= 11 is 1.39. The monoisotopic (exact) mass is 399 g/mol. The Hall–Kier alpha value is -2.98. The van der Waals surface area contributed by atoms with E-state index in [0.29, 0.717) is 27.8 Å². The molecular weight excluding hydrogens is 382 g/mol. The number of thioether (sulfide) groups is 1. The number of nitro benzene ring substituents is 1. The molecule has 0 N–H and O–H groups in total. The highest BCUT2D eigenvalue weighted by Gasteiger charge is 2.22. The summed E-state index contributed by atoms with van der Waals surface area (Å²) in [5.74, 6) is 1.06. The van der Waals surface area contributed by atoms with Gasteiger partial charge in [0.1, 0.15) is 5.75 Å². The largest absolute Gasteiger partial charge is 0.467 e. The molecule has 3 aromatic rings. The smallest absolute Gasteiger partial charge is 0.270 e. The second kappa shape index (κ2) is 7.56. The van der Waals surface area contributed by atoms with Crippen LogP contribution >= 0.6 is 11.8 Å². The van der Waals surface area contributed by atoms with Crippen LogP contribution in [0.2, 0.25) is 0 Å². The zero-order chi connectivity index (χ0) is 19.7. The summed E-state index contributed by atoms with van der Waals surface area (Å²) in [4.78, 5) is 10.8. The van der Waals surface area contributed by atoms with E-state index in [1.165, 1.54) is 23.9 Å². The molecule has 0 saturated carbocycles. The Bertz CT molecular complexity index is 1050. The van der Waals surface area contributed by atoms with Gasteiger partial charge < -0.3 is 9.47 Å². The molecule has 10 heteroatoms. The number of nitrogens with zero attached hydrogens (tertiary/aromatic N) is 5. The third kappa shape index (κ3) is 3.56. The predicted octanol–water partition coefficient (Wildman–Crippen LogP) is 3.35. The highest BCUT2D eigenvalue weighted by Crippen LogP contribution is 2.36. The molecule has 0 atom stereocenters. The first-order chi connectivity index (χ1) is 13.5. The van der Waals surface area contributed by atoms with Gasteiger partial charge in [0.2, 0.25) is 5.16 Å². The molecule has 144 valence electrons. The Balaban J connectivity index is 1.63. The van der Waals surface area contributed by atoms with E-state index in [1.54, 1.807) is 4.68 Å². The summed E-state index contributed by atoms with van der Waals surface area (Å²) in [6, 6.07) is 9.06. The highest BCUT2D eigenvalue weighted by atomic mass is 32.2. The fourth-order valence-electron chi connectivity index (χ4n) is 3.10. The van der Waals surface area contributed by atoms with Crippen molar-refractivity contribution in [1.29, 1.82) is 0 Å². The van der Waals surface area contributed by atoms with Gasteiger partial charge in [-0.1, -0.05) is 29.5 Å². The Labute approximate surface area is 164 Å². The number of non-ortho nitro benzene ring substituents is 1. The predicted molar refractivity (Wildman–Crippen MR) is 102 cm³/mol. The zero-order valence-electron chi connectivity index (χ0n) is 15.3. The Morgan fingerprint density at radius 2 is 2.14 bits per heavy atom. The summed E-state index contributed by atoms with van der Waals surface area (Å²) < 4.78 is 12.5. The fourth-order valence-corrected chi connectivity index (χ4v) is 3.95. The maximum absolute atomic E-state index is 11.3. The first kappa shape index (κ1) is 18.4. The maximum atomic E-state index is 11.3. The molecule has 0 fully saturated rings. The number of rotatable bonds is 5. The van der Waals surface area contributed by atoms with Crippen molar-refractivity contribution in [2.75, 3.05) is 6.79 Å². The lowest BCUT2D eigenvalue weighted by atomic mass is 10.1. The second-order valence-corrected chi connectivity index (χ2v) is 7.36. The van der Waals surface area contributed by atoms with Crippen molar-refractivity contribution in [2.24, 2.45) is 0 Å². The Kier molecular flexibility index (Phi) is 4.97. The lowest BCUT2D eigenvalue weighted by molar-refractivity contribution is -0.385. The minimum Gasteiger partial charge on any atom is -0.467 e. The van der Waals surface area contributed by atoms with E-state index in [0.717, 1.165) is 16.8 Å². The topological polar surface area (TPSA) is 105 Å². The van der Waals surface area contributed by atoms with Crippen molar-refractivity contribution >= 4 is 17.4 Å². The summed E-state index contributed by atoms with van der Waals surface area (Å²) in [5, 5.41) is 23.8. The third-order valence-electron chi connectivity index (χ3n) is 4.36. The van der Waals surface area contributed by atoms with Crippen LogP contribution in [0, 0.1) is 24.0 Å². The molecule has 0 radical (unpaired) electrons. The standard InChI is InChI=1S/C18H17N5O4S/c1-11-3-4-16(12(2)5-11)22-18(19-20-21-22)28-9-14-7-15(23(24)25)6-13-8-26-10-27-17(13)14/h3-7H,8-10H2,1-2H3. The summed E-state index contributed by atoms with van der Waals surface area (Å²) in [5.41, 5.74) is 4.51. The number of aryl methyl sites for hydroxylation is 2. The minimum absolute atomic E-state index is 0.0115. The summed E-state index contributed by atoms with van der Waals surface area (Å²) in [7, 11) is 0. The van der Waals surface area contributed by atoms with Crippen LogP contribution in [0.15, 0.2) is 35.5 Å².